The predicted octanol–water partition coefficient (Wildman–Crippen LogP) is 0.547. The Hall–Kier alpha value is -2.08. The van der Waals surface area contributed by atoms with E-state index in [0.717, 1.165) is 5.52 Å². The normalized spacial score (nSPS) is 12.8. The van der Waals surface area contributed by atoms with Crippen LogP contribution in [0.15, 0.2) is 18.2 Å². The molecule has 0 radical (unpaired) electrons. The molecular weight excluding hydrogens is 232 g/mol. The van der Waals surface area contributed by atoms with E-state index in [4.69, 9.17) is 11.5 Å². The molecule has 2 aromatic rings. The van der Waals surface area contributed by atoms with Crippen LogP contribution in [-0.2, 0) is 11.3 Å². The van der Waals surface area contributed by atoms with Crippen molar-refractivity contribution in [1.29, 1.82) is 0 Å². The number of rotatable bonds is 4. The minimum atomic E-state index is -0.716. The Bertz CT molecular complexity index is 589. The minimum Gasteiger partial charge on any atom is -0.399 e. The van der Waals surface area contributed by atoms with E-state index in [1.165, 1.54) is 0 Å². The Morgan fingerprint density at radius 3 is 2.89 bits per heavy atom. The molecule has 0 aliphatic rings. The van der Waals surface area contributed by atoms with Crippen molar-refractivity contribution in [2.45, 2.75) is 26.0 Å². The highest BCUT2D eigenvalue weighted by molar-refractivity contribution is 5.80. The van der Waals surface area contributed by atoms with Gasteiger partial charge in [0.1, 0.15) is 11.9 Å². The molecule has 18 heavy (non-hydrogen) atoms. The molecule has 0 saturated carbocycles. The van der Waals surface area contributed by atoms with Gasteiger partial charge in [0.25, 0.3) is 0 Å². The van der Waals surface area contributed by atoms with Gasteiger partial charge in [-0.15, -0.1) is 0 Å². The second kappa shape index (κ2) is 4.66. The number of nitrogens with zero attached hydrogens (tertiary/aromatic N) is 2. The number of benzene rings is 1. The lowest BCUT2D eigenvalue weighted by Gasteiger charge is -2.09. The van der Waals surface area contributed by atoms with Crippen molar-refractivity contribution in [3.63, 3.8) is 0 Å². The maximum atomic E-state index is 10.9. The lowest BCUT2D eigenvalue weighted by molar-refractivity contribution is -0.118. The van der Waals surface area contributed by atoms with Crippen LogP contribution in [0.25, 0.3) is 11.0 Å². The van der Waals surface area contributed by atoms with E-state index in [2.05, 4.69) is 4.98 Å². The van der Waals surface area contributed by atoms with Crippen LogP contribution in [0.1, 0.15) is 25.3 Å². The summed E-state index contributed by atoms with van der Waals surface area (Å²) in [6, 6.07) is 5.32. The second-order valence-electron chi connectivity index (χ2n) is 4.26. The number of hydrogen-bond acceptors (Lipinski definition) is 4. The van der Waals surface area contributed by atoms with E-state index < -0.39 is 6.10 Å². The molecule has 1 unspecified atom stereocenters. The molecule has 1 heterocycles. The van der Waals surface area contributed by atoms with Crippen LogP contribution < -0.4 is 11.5 Å². The Morgan fingerprint density at radius 2 is 2.28 bits per heavy atom. The van der Waals surface area contributed by atoms with Crippen LogP contribution in [0, 0.1) is 0 Å². The van der Waals surface area contributed by atoms with E-state index in [1.807, 2.05) is 6.07 Å². The smallest absolute Gasteiger partial charge is 0.219 e. The third-order valence-electron chi connectivity index (χ3n) is 2.76. The molecule has 96 valence electrons. The summed E-state index contributed by atoms with van der Waals surface area (Å²) in [5.41, 5.74) is 13.0. The summed E-state index contributed by atoms with van der Waals surface area (Å²) >= 11 is 0. The van der Waals surface area contributed by atoms with Crippen LogP contribution in [0.3, 0.4) is 0 Å². The zero-order chi connectivity index (χ0) is 13.3. The standard InChI is InChI=1S/C12H16N4O2/c1-7(17)12-15-9-6-8(13)2-3-10(9)16(12)5-4-11(14)18/h2-3,6-7,17H,4-5,13H2,1H3,(H2,14,18). The zero-order valence-corrected chi connectivity index (χ0v) is 10.1. The fourth-order valence-electron chi connectivity index (χ4n) is 1.94. The number of nitrogen functional groups attached to an aromatic ring is 1. The number of aliphatic hydroxyl groups excluding tert-OH is 1. The number of imidazole rings is 1. The number of aryl methyl sites for hydroxylation is 1. The molecule has 1 atom stereocenters. The van der Waals surface area contributed by atoms with Gasteiger partial charge in [-0.2, -0.15) is 0 Å². The first-order valence-electron chi connectivity index (χ1n) is 5.71. The first-order chi connectivity index (χ1) is 8.49. The number of fused-ring (bicyclic) bond motifs is 1. The monoisotopic (exact) mass is 248 g/mol. The fraction of sp³-hybridized carbons (Fsp3) is 0.333. The fourth-order valence-corrected chi connectivity index (χ4v) is 1.94. The summed E-state index contributed by atoms with van der Waals surface area (Å²) in [5, 5.41) is 9.71. The van der Waals surface area contributed by atoms with E-state index in [1.54, 1.807) is 23.6 Å². The van der Waals surface area contributed by atoms with E-state index in [9.17, 15) is 9.90 Å². The molecule has 6 nitrogen and oxygen atoms in total. The van der Waals surface area contributed by atoms with E-state index >= 15 is 0 Å². The number of anilines is 1. The van der Waals surface area contributed by atoms with Gasteiger partial charge in [-0.3, -0.25) is 4.79 Å². The zero-order valence-electron chi connectivity index (χ0n) is 10.1. The van der Waals surface area contributed by atoms with Crippen molar-refractivity contribution >= 4 is 22.6 Å². The molecule has 0 saturated heterocycles. The summed E-state index contributed by atoms with van der Waals surface area (Å²) in [5.74, 6) is 0.126. The first kappa shape index (κ1) is 12.4. The van der Waals surface area contributed by atoms with Gasteiger partial charge in [0.2, 0.25) is 5.91 Å². The average molecular weight is 248 g/mol. The molecular formula is C12H16N4O2. The molecule has 1 aromatic carbocycles. The van der Waals surface area contributed by atoms with Gasteiger partial charge in [0, 0.05) is 18.7 Å². The third-order valence-corrected chi connectivity index (χ3v) is 2.76. The van der Waals surface area contributed by atoms with Gasteiger partial charge >= 0.3 is 0 Å². The first-order valence-corrected chi connectivity index (χ1v) is 5.71. The predicted molar refractivity (Wildman–Crippen MR) is 68.6 cm³/mol. The molecule has 1 aromatic heterocycles. The van der Waals surface area contributed by atoms with Crippen molar-refractivity contribution in [2.75, 3.05) is 5.73 Å². The number of nitrogens with two attached hydrogens (primary N) is 2. The quantitative estimate of drug-likeness (QED) is 0.686. The molecule has 2 rings (SSSR count). The van der Waals surface area contributed by atoms with Crippen molar-refractivity contribution < 1.29 is 9.90 Å². The van der Waals surface area contributed by atoms with Gasteiger partial charge in [-0.05, 0) is 25.1 Å². The van der Waals surface area contributed by atoms with Crippen LogP contribution in [-0.4, -0.2) is 20.6 Å². The van der Waals surface area contributed by atoms with Gasteiger partial charge < -0.3 is 21.1 Å². The molecule has 0 aliphatic carbocycles. The highest BCUT2D eigenvalue weighted by atomic mass is 16.3. The molecule has 5 N–H and O–H groups in total. The van der Waals surface area contributed by atoms with Crippen LogP contribution in [0.2, 0.25) is 0 Å². The van der Waals surface area contributed by atoms with Crippen LogP contribution in [0.4, 0.5) is 5.69 Å². The lowest BCUT2D eigenvalue weighted by Crippen LogP contribution is -2.15. The largest absolute Gasteiger partial charge is 0.399 e. The number of aliphatic hydroxyl groups is 1. The average Bonchev–Trinajstić information content (AvgIpc) is 2.64. The molecule has 0 fully saturated rings. The summed E-state index contributed by atoms with van der Waals surface area (Å²) in [6.45, 7) is 2.03. The van der Waals surface area contributed by atoms with Crippen molar-refractivity contribution in [1.82, 2.24) is 9.55 Å². The number of amides is 1. The highest BCUT2D eigenvalue weighted by Gasteiger charge is 2.15. The van der Waals surface area contributed by atoms with Crippen molar-refractivity contribution in [2.24, 2.45) is 5.73 Å². The Kier molecular flexibility index (Phi) is 3.20. The highest BCUT2D eigenvalue weighted by Crippen LogP contribution is 2.22. The Labute approximate surface area is 104 Å². The molecule has 0 bridgehead atoms. The Balaban J connectivity index is 2.52. The Morgan fingerprint density at radius 1 is 1.56 bits per heavy atom. The lowest BCUT2D eigenvalue weighted by atomic mass is 10.2. The third kappa shape index (κ3) is 2.28. The van der Waals surface area contributed by atoms with Gasteiger partial charge in [0.05, 0.1) is 11.0 Å². The topological polar surface area (TPSA) is 107 Å². The van der Waals surface area contributed by atoms with Crippen LogP contribution >= 0.6 is 0 Å². The SMILES string of the molecule is CC(O)c1nc2cc(N)ccc2n1CCC(N)=O. The number of aromatic nitrogens is 2. The summed E-state index contributed by atoms with van der Waals surface area (Å²) in [7, 11) is 0. The number of hydrogen-bond donors (Lipinski definition) is 3. The number of carbonyl (C=O) groups is 1. The number of carbonyl (C=O) groups excluding carboxylic acids is 1. The van der Waals surface area contributed by atoms with E-state index in [0.29, 0.717) is 23.6 Å². The summed E-state index contributed by atoms with van der Waals surface area (Å²) in [6.07, 6.45) is -0.512. The number of primary amides is 1. The van der Waals surface area contributed by atoms with Gasteiger partial charge in [-0.25, -0.2) is 4.98 Å². The molecule has 1 amide bonds. The van der Waals surface area contributed by atoms with Crippen molar-refractivity contribution in [3.05, 3.63) is 24.0 Å². The summed E-state index contributed by atoms with van der Waals surface area (Å²) < 4.78 is 1.80. The molecule has 0 spiro atoms. The van der Waals surface area contributed by atoms with E-state index in [-0.39, 0.29) is 12.3 Å². The maximum absolute atomic E-state index is 10.9. The second-order valence-corrected chi connectivity index (χ2v) is 4.26. The maximum Gasteiger partial charge on any atom is 0.219 e. The summed E-state index contributed by atoms with van der Waals surface area (Å²) in [4.78, 5) is 15.2. The molecule has 0 aliphatic heterocycles. The minimum absolute atomic E-state index is 0.204. The molecule has 6 heteroatoms. The van der Waals surface area contributed by atoms with Crippen molar-refractivity contribution in [3.8, 4) is 0 Å². The van der Waals surface area contributed by atoms with Gasteiger partial charge in [0.15, 0.2) is 0 Å². The van der Waals surface area contributed by atoms with Gasteiger partial charge in [-0.1, -0.05) is 0 Å². The van der Waals surface area contributed by atoms with Crippen LogP contribution in [0.5, 0.6) is 0 Å².